The van der Waals surface area contributed by atoms with E-state index in [4.69, 9.17) is 19.3 Å². The molecule has 0 atom stereocenters. The Labute approximate surface area is 190 Å². The van der Waals surface area contributed by atoms with Gasteiger partial charge in [-0.15, -0.1) is 0 Å². The third-order valence-corrected chi connectivity index (χ3v) is 5.32. The van der Waals surface area contributed by atoms with Crippen LogP contribution in [0.5, 0.6) is 23.0 Å². The molecule has 1 N–H and O–H groups in total. The van der Waals surface area contributed by atoms with Gasteiger partial charge >= 0.3 is 5.97 Å². The molecule has 0 bridgehead atoms. The minimum atomic E-state index is -1.09. The van der Waals surface area contributed by atoms with Crippen LogP contribution in [0.3, 0.4) is 0 Å². The number of benzene rings is 4. The standard InChI is InChI=1S/C27H21FO5/c1-16(27(29)30)17-4-8-20(9-5-17)33-26-22(19-7-13-25(32-3)24(28)15-19)11-6-18-14-21(31-2)10-12-23(18)26/h4-15H,1H2,2-3H3,(H,29,30). The van der Waals surface area contributed by atoms with Crippen LogP contribution in [-0.2, 0) is 4.79 Å². The smallest absolute Gasteiger partial charge is 0.335 e. The Morgan fingerprint density at radius 1 is 0.879 bits per heavy atom. The number of halogens is 1. The van der Waals surface area contributed by atoms with Crippen LogP contribution in [0.15, 0.2) is 79.4 Å². The Morgan fingerprint density at radius 2 is 1.61 bits per heavy atom. The van der Waals surface area contributed by atoms with E-state index in [1.54, 1.807) is 43.5 Å². The molecule has 0 fully saturated rings. The van der Waals surface area contributed by atoms with Gasteiger partial charge in [-0.25, -0.2) is 9.18 Å². The summed E-state index contributed by atoms with van der Waals surface area (Å²) in [5.41, 5.74) is 1.79. The van der Waals surface area contributed by atoms with Crippen molar-refractivity contribution >= 4 is 22.3 Å². The molecule has 0 amide bonds. The van der Waals surface area contributed by atoms with Crippen LogP contribution in [0.2, 0.25) is 0 Å². The van der Waals surface area contributed by atoms with Crippen LogP contribution in [0.4, 0.5) is 4.39 Å². The first kappa shape index (κ1) is 21.9. The lowest BCUT2D eigenvalue weighted by Crippen LogP contribution is -1.98. The van der Waals surface area contributed by atoms with Crippen LogP contribution >= 0.6 is 0 Å². The summed E-state index contributed by atoms with van der Waals surface area (Å²) in [7, 11) is 3.01. The second-order valence-electron chi connectivity index (χ2n) is 7.29. The molecular formula is C27H21FO5. The molecule has 0 unspecified atom stereocenters. The van der Waals surface area contributed by atoms with E-state index in [0.717, 1.165) is 10.8 Å². The highest BCUT2D eigenvalue weighted by molar-refractivity contribution is 6.14. The summed E-state index contributed by atoms with van der Waals surface area (Å²) < 4.78 is 31.1. The highest BCUT2D eigenvalue weighted by Crippen LogP contribution is 2.41. The van der Waals surface area contributed by atoms with Gasteiger partial charge in [-0.1, -0.05) is 30.8 Å². The van der Waals surface area contributed by atoms with Crippen LogP contribution in [0.1, 0.15) is 5.56 Å². The molecule has 0 heterocycles. The van der Waals surface area contributed by atoms with Gasteiger partial charge in [-0.3, -0.25) is 0 Å². The second kappa shape index (κ2) is 9.04. The maximum absolute atomic E-state index is 14.5. The number of methoxy groups -OCH3 is 2. The molecule has 4 rings (SSSR count). The van der Waals surface area contributed by atoms with Gasteiger partial charge in [0.2, 0.25) is 0 Å². The molecule has 0 aromatic heterocycles. The number of carboxylic acids is 1. The van der Waals surface area contributed by atoms with E-state index in [2.05, 4.69) is 6.58 Å². The van der Waals surface area contributed by atoms with Crippen molar-refractivity contribution in [3.05, 3.63) is 90.8 Å². The summed E-state index contributed by atoms with van der Waals surface area (Å²) in [6.45, 7) is 3.57. The molecule has 33 heavy (non-hydrogen) atoms. The van der Waals surface area contributed by atoms with Crippen molar-refractivity contribution in [2.75, 3.05) is 14.2 Å². The summed E-state index contributed by atoms with van der Waals surface area (Å²) in [4.78, 5) is 11.2. The van der Waals surface area contributed by atoms with Gasteiger partial charge in [0.1, 0.15) is 17.2 Å². The number of hydrogen-bond donors (Lipinski definition) is 1. The van der Waals surface area contributed by atoms with Crippen molar-refractivity contribution in [2.24, 2.45) is 0 Å². The van der Waals surface area contributed by atoms with Crippen molar-refractivity contribution in [1.29, 1.82) is 0 Å². The minimum absolute atomic E-state index is 0.00629. The van der Waals surface area contributed by atoms with Crippen LogP contribution < -0.4 is 14.2 Å². The first-order chi connectivity index (χ1) is 15.9. The van der Waals surface area contributed by atoms with Gasteiger partial charge in [0, 0.05) is 10.9 Å². The van der Waals surface area contributed by atoms with Crippen LogP contribution in [0, 0.1) is 5.82 Å². The minimum Gasteiger partial charge on any atom is -0.497 e. The number of fused-ring (bicyclic) bond motifs is 1. The number of carboxylic acid groups (broad SMARTS) is 1. The van der Waals surface area contributed by atoms with Crippen molar-refractivity contribution in [2.45, 2.75) is 0 Å². The third kappa shape index (κ3) is 4.36. The molecule has 0 radical (unpaired) electrons. The molecule has 0 aliphatic carbocycles. The summed E-state index contributed by atoms with van der Waals surface area (Å²) in [5.74, 6) is 0.317. The monoisotopic (exact) mass is 444 g/mol. The van der Waals surface area contributed by atoms with Crippen molar-refractivity contribution in [1.82, 2.24) is 0 Å². The fraction of sp³-hybridized carbons (Fsp3) is 0.0741. The lowest BCUT2D eigenvalue weighted by Gasteiger charge is -2.16. The maximum Gasteiger partial charge on any atom is 0.335 e. The summed E-state index contributed by atoms with van der Waals surface area (Å²) in [6.07, 6.45) is 0. The zero-order chi connectivity index (χ0) is 23.5. The Kier molecular flexibility index (Phi) is 6.00. The second-order valence-corrected chi connectivity index (χ2v) is 7.29. The lowest BCUT2D eigenvalue weighted by atomic mass is 9.99. The number of hydrogen-bond acceptors (Lipinski definition) is 4. The van der Waals surface area contributed by atoms with Gasteiger partial charge < -0.3 is 19.3 Å². The molecule has 6 heteroatoms. The van der Waals surface area contributed by atoms with Crippen molar-refractivity contribution in [3.8, 4) is 34.1 Å². The molecule has 166 valence electrons. The van der Waals surface area contributed by atoms with Crippen LogP contribution in [-0.4, -0.2) is 25.3 Å². The predicted molar refractivity (Wildman–Crippen MR) is 126 cm³/mol. The molecule has 5 nitrogen and oxygen atoms in total. The van der Waals surface area contributed by atoms with Crippen molar-refractivity contribution < 1.29 is 28.5 Å². The van der Waals surface area contributed by atoms with E-state index in [-0.39, 0.29) is 11.3 Å². The van der Waals surface area contributed by atoms with E-state index in [1.807, 2.05) is 30.3 Å². The Hall–Kier alpha value is -4.32. The number of ether oxygens (including phenoxy) is 3. The predicted octanol–water partition coefficient (Wildman–Crippen LogP) is 6.55. The molecular weight excluding hydrogens is 423 g/mol. The van der Waals surface area contributed by atoms with E-state index in [0.29, 0.717) is 33.9 Å². The largest absolute Gasteiger partial charge is 0.497 e. The van der Waals surface area contributed by atoms with Gasteiger partial charge in [-0.2, -0.15) is 0 Å². The summed E-state index contributed by atoms with van der Waals surface area (Å²) in [6, 6.07) is 20.7. The summed E-state index contributed by atoms with van der Waals surface area (Å²) in [5, 5.41) is 10.8. The van der Waals surface area contributed by atoms with Crippen LogP contribution in [0.25, 0.3) is 27.5 Å². The van der Waals surface area contributed by atoms with E-state index >= 15 is 0 Å². The quantitative estimate of drug-likeness (QED) is 0.327. The topological polar surface area (TPSA) is 65.0 Å². The van der Waals surface area contributed by atoms with Gasteiger partial charge in [-0.05, 0) is 65.0 Å². The highest BCUT2D eigenvalue weighted by Gasteiger charge is 2.15. The third-order valence-electron chi connectivity index (χ3n) is 5.32. The van der Waals surface area contributed by atoms with E-state index < -0.39 is 11.8 Å². The first-order valence-corrected chi connectivity index (χ1v) is 10.1. The SMILES string of the molecule is C=C(C(=O)O)c1ccc(Oc2c(-c3ccc(OC)c(F)c3)ccc3cc(OC)ccc23)cc1. The number of carbonyl (C=O) groups is 1. The molecule has 0 saturated heterocycles. The molecule has 0 saturated carbocycles. The molecule has 0 aliphatic heterocycles. The average molecular weight is 444 g/mol. The van der Waals surface area contributed by atoms with E-state index in [1.165, 1.54) is 13.2 Å². The zero-order valence-electron chi connectivity index (χ0n) is 18.1. The Morgan fingerprint density at radius 3 is 2.24 bits per heavy atom. The fourth-order valence-electron chi connectivity index (χ4n) is 3.54. The normalized spacial score (nSPS) is 10.6. The van der Waals surface area contributed by atoms with Gasteiger partial charge in [0.25, 0.3) is 0 Å². The summed E-state index contributed by atoms with van der Waals surface area (Å²) >= 11 is 0. The molecule has 0 aliphatic rings. The lowest BCUT2D eigenvalue weighted by molar-refractivity contribution is -0.130. The fourth-order valence-corrected chi connectivity index (χ4v) is 3.54. The van der Waals surface area contributed by atoms with Gasteiger partial charge in [0.05, 0.1) is 19.8 Å². The maximum atomic E-state index is 14.5. The Bertz CT molecular complexity index is 1360. The first-order valence-electron chi connectivity index (χ1n) is 10.1. The average Bonchev–Trinajstić information content (AvgIpc) is 2.83. The molecule has 4 aromatic carbocycles. The molecule has 4 aromatic rings. The van der Waals surface area contributed by atoms with Crippen molar-refractivity contribution in [3.63, 3.8) is 0 Å². The zero-order valence-corrected chi connectivity index (χ0v) is 18.1. The van der Waals surface area contributed by atoms with E-state index in [9.17, 15) is 9.18 Å². The highest BCUT2D eigenvalue weighted by atomic mass is 19.1. The Balaban J connectivity index is 1.83. The number of rotatable bonds is 7. The number of aliphatic carboxylic acids is 1. The molecule has 0 spiro atoms. The van der Waals surface area contributed by atoms with Gasteiger partial charge in [0.15, 0.2) is 11.6 Å².